The van der Waals surface area contributed by atoms with E-state index in [1.54, 1.807) is 0 Å². The number of hydrogen-bond donors (Lipinski definition) is 0. The minimum atomic E-state index is -3.11. The first-order valence-electron chi connectivity index (χ1n) is 0.500. The van der Waals surface area contributed by atoms with Gasteiger partial charge in [-0.1, -0.05) is 0 Å². The molecule has 0 rings (SSSR count). The molecule has 0 heterocycles. The molecule has 0 aromatic carbocycles. The molecule has 0 aliphatic heterocycles. The molecule has 0 fully saturated rings. The standard InChI is InChI=1S/Cu.Na.H2O3S/c;;1-4(2)3/h;;(H2,1,2,3)/q+2;+1;/p-2. The van der Waals surface area contributed by atoms with Crippen molar-refractivity contribution in [2.75, 3.05) is 0 Å². The van der Waals surface area contributed by atoms with Crippen LogP contribution in [0.3, 0.4) is 0 Å². The van der Waals surface area contributed by atoms with Crippen molar-refractivity contribution in [1.82, 2.24) is 0 Å². The normalized spacial score (nSPS) is 5.83. The molecule has 6 heavy (non-hydrogen) atoms. The third-order valence-electron chi connectivity index (χ3n) is 0. The Morgan fingerprint density at radius 1 is 1.33 bits per heavy atom. The summed E-state index contributed by atoms with van der Waals surface area (Å²) in [5, 5.41) is 0. The summed E-state index contributed by atoms with van der Waals surface area (Å²) >= 11 is -3.11. The molecule has 35 valence electrons. The predicted octanol–water partition coefficient (Wildman–Crippen LogP) is -4.00. The summed E-state index contributed by atoms with van der Waals surface area (Å²) in [7, 11) is 0. The Hall–Kier alpha value is 1.59. The van der Waals surface area contributed by atoms with E-state index in [-0.39, 0.29) is 46.6 Å². The van der Waals surface area contributed by atoms with Gasteiger partial charge in [-0.3, -0.25) is 4.21 Å². The van der Waals surface area contributed by atoms with Gasteiger partial charge in [-0.15, -0.1) is 11.4 Å². The van der Waals surface area contributed by atoms with Crippen molar-refractivity contribution < 1.29 is 59.9 Å². The summed E-state index contributed by atoms with van der Waals surface area (Å²) in [6, 6.07) is 0. The summed E-state index contributed by atoms with van der Waals surface area (Å²) in [6.07, 6.45) is 0. The molecule has 0 spiro atoms. The van der Waals surface area contributed by atoms with Gasteiger partial charge in [-0.2, -0.15) is 0 Å². The van der Waals surface area contributed by atoms with E-state index in [4.69, 9.17) is 13.3 Å². The second-order valence-electron chi connectivity index (χ2n) is 0.204. The zero-order valence-electron chi connectivity index (χ0n) is 2.93. The van der Waals surface area contributed by atoms with E-state index in [2.05, 4.69) is 0 Å². The van der Waals surface area contributed by atoms with Gasteiger partial charge < -0.3 is 9.11 Å². The van der Waals surface area contributed by atoms with E-state index in [1.165, 1.54) is 0 Å². The van der Waals surface area contributed by atoms with Gasteiger partial charge in [0.25, 0.3) is 0 Å². The van der Waals surface area contributed by atoms with E-state index in [1.807, 2.05) is 0 Å². The Bertz CT molecular complexity index is 33.8. The molecule has 0 N–H and O–H groups in total. The van der Waals surface area contributed by atoms with Gasteiger partial charge in [0.05, 0.1) is 0 Å². The van der Waals surface area contributed by atoms with Gasteiger partial charge >= 0.3 is 46.6 Å². The maximum Gasteiger partial charge on any atom is 2.00 e. The van der Waals surface area contributed by atoms with Crippen LogP contribution >= 0.6 is 0 Å². The summed E-state index contributed by atoms with van der Waals surface area (Å²) in [6.45, 7) is 0. The Balaban J connectivity index is -0.0000000450. The van der Waals surface area contributed by atoms with Gasteiger partial charge in [0, 0.05) is 0 Å². The molecular weight excluding hydrogens is 167 g/mol. The topological polar surface area (TPSA) is 63.2 Å². The average Bonchev–Trinajstić information content (AvgIpc) is 0.811. The van der Waals surface area contributed by atoms with Gasteiger partial charge in [0.2, 0.25) is 0 Å². The van der Waals surface area contributed by atoms with E-state index < -0.39 is 11.4 Å². The predicted molar refractivity (Wildman–Crippen MR) is 9.70 cm³/mol. The molecule has 0 bridgehead atoms. The SMILES string of the molecule is O=S([O-])[O-].[Cu+2].[Na+]. The van der Waals surface area contributed by atoms with Crippen LogP contribution in [0.1, 0.15) is 0 Å². The van der Waals surface area contributed by atoms with Crippen molar-refractivity contribution in [3.8, 4) is 0 Å². The van der Waals surface area contributed by atoms with Gasteiger partial charge in [0.1, 0.15) is 0 Å². The minimum absolute atomic E-state index is 0. The van der Waals surface area contributed by atoms with Crippen molar-refractivity contribution in [2.24, 2.45) is 0 Å². The molecule has 0 saturated heterocycles. The van der Waals surface area contributed by atoms with Gasteiger partial charge in [-0.25, -0.2) is 0 Å². The van der Waals surface area contributed by atoms with Crippen molar-refractivity contribution in [3.63, 3.8) is 0 Å². The van der Waals surface area contributed by atoms with Crippen molar-refractivity contribution in [3.05, 3.63) is 0 Å². The molecule has 6 heteroatoms. The zero-order valence-corrected chi connectivity index (χ0v) is 6.69. The molecule has 3 nitrogen and oxygen atoms in total. The quantitative estimate of drug-likeness (QED) is 0.272. The number of rotatable bonds is 0. The minimum Gasteiger partial charge on any atom is -0.784 e. The third-order valence-corrected chi connectivity index (χ3v) is 0. The van der Waals surface area contributed by atoms with E-state index >= 15 is 0 Å². The third kappa shape index (κ3) is 46.6. The van der Waals surface area contributed by atoms with Crippen molar-refractivity contribution in [1.29, 1.82) is 0 Å². The first-order chi connectivity index (χ1) is 1.73. The van der Waals surface area contributed by atoms with Crippen LogP contribution in [0.4, 0.5) is 0 Å². The van der Waals surface area contributed by atoms with Crippen LogP contribution in [-0.4, -0.2) is 13.3 Å². The Morgan fingerprint density at radius 3 is 1.33 bits per heavy atom. The van der Waals surface area contributed by atoms with Crippen LogP contribution < -0.4 is 29.6 Å². The fraction of sp³-hybridized carbons (Fsp3) is 0. The number of hydrogen-bond acceptors (Lipinski definition) is 3. The van der Waals surface area contributed by atoms with Crippen LogP contribution in [0.25, 0.3) is 0 Å². The average molecular weight is 167 g/mol. The van der Waals surface area contributed by atoms with Gasteiger partial charge in [-0.05, 0) is 0 Å². The van der Waals surface area contributed by atoms with Crippen LogP contribution in [-0.2, 0) is 28.4 Å². The summed E-state index contributed by atoms with van der Waals surface area (Å²) in [5.41, 5.74) is 0. The smallest absolute Gasteiger partial charge is 0.784 e. The van der Waals surface area contributed by atoms with Gasteiger partial charge in [0.15, 0.2) is 0 Å². The van der Waals surface area contributed by atoms with Crippen molar-refractivity contribution >= 4 is 11.4 Å². The second-order valence-corrected chi connectivity index (χ2v) is 0.612. The molecule has 1 radical (unpaired) electrons. The monoisotopic (exact) mass is 166 g/mol. The molecule has 0 atom stereocenters. The molecule has 0 amide bonds. The van der Waals surface area contributed by atoms with Crippen LogP contribution in [0.15, 0.2) is 0 Å². The molecule has 0 aliphatic rings. The molecular formula is CuNaO3S+. The maximum absolute atomic E-state index is 8.44. The van der Waals surface area contributed by atoms with E-state index in [0.717, 1.165) is 0 Å². The van der Waals surface area contributed by atoms with Crippen LogP contribution in [0.5, 0.6) is 0 Å². The van der Waals surface area contributed by atoms with E-state index in [0.29, 0.717) is 0 Å². The Kier molecular flexibility index (Phi) is 25.5. The Morgan fingerprint density at radius 2 is 1.33 bits per heavy atom. The fourth-order valence-electron chi connectivity index (χ4n) is 0. The van der Waals surface area contributed by atoms with Crippen LogP contribution in [0.2, 0.25) is 0 Å². The first kappa shape index (κ1) is 15.6. The maximum atomic E-state index is 8.44. The summed E-state index contributed by atoms with van der Waals surface area (Å²) < 4.78 is 25.3. The largest absolute Gasteiger partial charge is 2.00 e. The molecule has 0 aromatic heterocycles. The summed E-state index contributed by atoms with van der Waals surface area (Å²) in [5.74, 6) is 0. The molecule has 0 unspecified atom stereocenters. The van der Waals surface area contributed by atoms with Crippen LogP contribution in [0, 0.1) is 0 Å². The zero-order chi connectivity index (χ0) is 3.58. The van der Waals surface area contributed by atoms with Crippen molar-refractivity contribution in [2.45, 2.75) is 0 Å². The first-order valence-corrected chi connectivity index (χ1v) is 1.50. The fourth-order valence-corrected chi connectivity index (χ4v) is 0. The summed E-state index contributed by atoms with van der Waals surface area (Å²) in [4.78, 5) is 0. The van der Waals surface area contributed by atoms with E-state index in [9.17, 15) is 0 Å². The second kappa shape index (κ2) is 9.77. The molecule has 0 aromatic rings. The Labute approximate surface area is 70.8 Å². The molecule has 0 saturated carbocycles. The molecule has 0 aliphatic carbocycles.